The van der Waals surface area contributed by atoms with Crippen LogP contribution in [-0.4, -0.2) is 21.2 Å². The van der Waals surface area contributed by atoms with Gasteiger partial charge in [-0.05, 0) is 19.8 Å². The van der Waals surface area contributed by atoms with Crippen molar-refractivity contribution < 1.29 is 14.4 Å². The molecule has 0 amide bonds. The Hall–Kier alpha value is -2.17. The van der Waals surface area contributed by atoms with Gasteiger partial charge in [0.15, 0.2) is 0 Å². The Morgan fingerprint density at radius 2 is 1.95 bits per heavy atom. The number of rotatable bonds is 5. The van der Waals surface area contributed by atoms with Crippen LogP contribution in [0.3, 0.4) is 0 Å². The summed E-state index contributed by atoms with van der Waals surface area (Å²) in [6, 6.07) is 7.79. The van der Waals surface area contributed by atoms with E-state index >= 15 is 0 Å². The van der Waals surface area contributed by atoms with E-state index in [1.165, 1.54) is 0 Å². The van der Waals surface area contributed by atoms with Gasteiger partial charge in [-0.15, -0.1) is 0 Å². The van der Waals surface area contributed by atoms with Crippen molar-refractivity contribution in [2.24, 2.45) is 11.3 Å². The van der Waals surface area contributed by atoms with Crippen molar-refractivity contribution in [2.45, 2.75) is 34.1 Å². The van der Waals surface area contributed by atoms with Gasteiger partial charge in [0.2, 0.25) is 11.7 Å². The second-order valence-corrected chi connectivity index (χ2v) is 5.93. The number of nitrogens with zero attached hydrogens (tertiary/aromatic N) is 2. The quantitative estimate of drug-likeness (QED) is 0.913. The van der Waals surface area contributed by atoms with Crippen molar-refractivity contribution in [1.82, 2.24) is 10.1 Å². The zero-order valence-electron chi connectivity index (χ0n) is 12.8. The third-order valence-corrected chi connectivity index (χ3v) is 4.06. The molecule has 0 aliphatic rings. The van der Waals surface area contributed by atoms with Gasteiger partial charge in [0.05, 0.1) is 5.41 Å². The number of hydrogen-bond donors (Lipinski definition) is 1. The van der Waals surface area contributed by atoms with Crippen LogP contribution in [0, 0.1) is 18.3 Å². The molecule has 5 nitrogen and oxygen atoms in total. The monoisotopic (exact) mass is 288 g/mol. The van der Waals surface area contributed by atoms with E-state index in [0.717, 1.165) is 11.1 Å². The molecule has 21 heavy (non-hydrogen) atoms. The minimum atomic E-state index is -0.920. The smallest absolute Gasteiger partial charge is 0.310 e. The maximum atomic E-state index is 11.5. The van der Waals surface area contributed by atoms with Crippen LogP contribution in [0.25, 0.3) is 11.4 Å². The molecule has 0 fully saturated rings. The summed E-state index contributed by atoms with van der Waals surface area (Å²) in [6.07, 6.45) is 0.221. The van der Waals surface area contributed by atoms with Crippen LogP contribution in [0.15, 0.2) is 28.8 Å². The number of carboxylic acids is 1. The lowest BCUT2D eigenvalue weighted by molar-refractivity contribution is -0.150. The zero-order chi connectivity index (χ0) is 15.6. The maximum Gasteiger partial charge on any atom is 0.310 e. The van der Waals surface area contributed by atoms with Crippen molar-refractivity contribution in [2.75, 3.05) is 0 Å². The van der Waals surface area contributed by atoms with Gasteiger partial charge in [-0.3, -0.25) is 4.79 Å². The summed E-state index contributed by atoms with van der Waals surface area (Å²) in [5, 5.41) is 13.4. The number of aryl methyl sites for hydroxylation is 1. The molecule has 2 rings (SSSR count). The molecule has 1 atom stereocenters. The maximum absolute atomic E-state index is 11.5. The molecule has 0 aliphatic carbocycles. The molecular weight excluding hydrogens is 268 g/mol. The number of aliphatic carboxylic acids is 1. The first-order chi connectivity index (χ1) is 9.83. The largest absolute Gasteiger partial charge is 0.481 e. The molecule has 0 radical (unpaired) electrons. The standard InChI is InChI=1S/C16H20N2O3/c1-10(2)16(4,15(19)20)9-13-17-14(18-21-13)12-7-5-11(3)6-8-12/h5-8,10H,9H2,1-4H3,(H,19,20). The van der Waals surface area contributed by atoms with Gasteiger partial charge in [0.1, 0.15) is 0 Å². The Balaban J connectivity index is 2.24. The van der Waals surface area contributed by atoms with Crippen LogP contribution >= 0.6 is 0 Å². The summed E-state index contributed by atoms with van der Waals surface area (Å²) in [4.78, 5) is 15.8. The summed E-state index contributed by atoms with van der Waals surface area (Å²) in [5.74, 6) is -0.0528. The first-order valence-corrected chi connectivity index (χ1v) is 6.96. The van der Waals surface area contributed by atoms with Crippen LogP contribution in [0.1, 0.15) is 32.2 Å². The van der Waals surface area contributed by atoms with Gasteiger partial charge in [-0.1, -0.05) is 48.8 Å². The summed E-state index contributed by atoms with van der Waals surface area (Å²) >= 11 is 0. The molecule has 1 N–H and O–H groups in total. The van der Waals surface area contributed by atoms with E-state index < -0.39 is 11.4 Å². The summed E-state index contributed by atoms with van der Waals surface area (Å²) in [7, 11) is 0. The van der Waals surface area contributed by atoms with Gasteiger partial charge in [-0.2, -0.15) is 4.98 Å². The van der Waals surface area contributed by atoms with Crippen molar-refractivity contribution in [1.29, 1.82) is 0 Å². The molecule has 1 aromatic carbocycles. The van der Waals surface area contributed by atoms with E-state index in [1.807, 2.05) is 45.0 Å². The number of benzene rings is 1. The highest BCUT2D eigenvalue weighted by Crippen LogP contribution is 2.31. The summed E-state index contributed by atoms with van der Waals surface area (Å²) in [6.45, 7) is 7.47. The summed E-state index contributed by atoms with van der Waals surface area (Å²) < 4.78 is 5.22. The van der Waals surface area contributed by atoms with Crippen molar-refractivity contribution in [3.8, 4) is 11.4 Å². The van der Waals surface area contributed by atoms with E-state index in [9.17, 15) is 9.90 Å². The Morgan fingerprint density at radius 3 is 2.48 bits per heavy atom. The Bertz CT molecular complexity index is 631. The molecule has 0 aliphatic heterocycles. The predicted molar refractivity (Wildman–Crippen MR) is 78.8 cm³/mol. The zero-order valence-corrected chi connectivity index (χ0v) is 12.8. The van der Waals surface area contributed by atoms with Crippen molar-refractivity contribution >= 4 is 5.97 Å². The van der Waals surface area contributed by atoms with E-state index in [4.69, 9.17) is 4.52 Å². The third-order valence-electron chi connectivity index (χ3n) is 4.06. The normalized spacial score (nSPS) is 14.1. The van der Waals surface area contributed by atoms with Gasteiger partial charge >= 0.3 is 5.97 Å². The van der Waals surface area contributed by atoms with Crippen LogP contribution in [-0.2, 0) is 11.2 Å². The minimum Gasteiger partial charge on any atom is -0.481 e. The fraction of sp³-hybridized carbons (Fsp3) is 0.438. The van der Waals surface area contributed by atoms with E-state index in [-0.39, 0.29) is 12.3 Å². The average Bonchev–Trinajstić information content (AvgIpc) is 2.87. The summed E-state index contributed by atoms with van der Waals surface area (Å²) in [5.41, 5.74) is 1.09. The molecule has 0 spiro atoms. The highest BCUT2D eigenvalue weighted by atomic mass is 16.5. The van der Waals surface area contributed by atoms with Gasteiger partial charge in [-0.25, -0.2) is 0 Å². The van der Waals surface area contributed by atoms with E-state index in [1.54, 1.807) is 6.92 Å². The molecule has 2 aromatic rings. The molecule has 5 heteroatoms. The highest BCUT2D eigenvalue weighted by molar-refractivity contribution is 5.74. The Kier molecular flexibility index (Phi) is 4.11. The lowest BCUT2D eigenvalue weighted by Gasteiger charge is -2.27. The number of aromatic nitrogens is 2. The first-order valence-electron chi connectivity index (χ1n) is 6.96. The second-order valence-electron chi connectivity index (χ2n) is 5.93. The number of carbonyl (C=O) groups is 1. The van der Waals surface area contributed by atoms with Gasteiger partial charge in [0, 0.05) is 12.0 Å². The molecule has 1 aromatic heterocycles. The van der Waals surface area contributed by atoms with Crippen LogP contribution < -0.4 is 0 Å². The van der Waals surface area contributed by atoms with Crippen LogP contribution in [0.4, 0.5) is 0 Å². The fourth-order valence-electron chi connectivity index (χ4n) is 1.99. The van der Waals surface area contributed by atoms with Gasteiger partial charge in [0.25, 0.3) is 0 Å². The minimum absolute atomic E-state index is 0.0373. The molecule has 1 unspecified atom stereocenters. The number of hydrogen-bond acceptors (Lipinski definition) is 4. The average molecular weight is 288 g/mol. The van der Waals surface area contributed by atoms with E-state index in [0.29, 0.717) is 11.7 Å². The lowest BCUT2D eigenvalue weighted by Crippen LogP contribution is -2.35. The second kappa shape index (κ2) is 5.68. The Morgan fingerprint density at radius 1 is 1.33 bits per heavy atom. The molecule has 112 valence electrons. The molecular formula is C16H20N2O3. The van der Waals surface area contributed by atoms with E-state index in [2.05, 4.69) is 10.1 Å². The predicted octanol–water partition coefficient (Wildman–Crippen LogP) is 3.33. The molecule has 0 bridgehead atoms. The SMILES string of the molecule is Cc1ccc(-c2noc(CC(C)(C(=O)O)C(C)C)n2)cc1. The third kappa shape index (κ3) is 3.12. The highest BCUT2D eigenvalue weighted by Gasteiger charge is 2.38. The topological polar surface area (TPSA) is 76.2 Å². The van der Waals surface area contributed by atoms with Gasteiger partial charge < -0.3 is 9.63 Å². The lowest BCUT2D eigenvalue weighted by atomic mass is 9.76. The molecule has 0 saturated heterocycles. The Labute approximate surface area is 124 Å². The first kappa shape index (κ1) is 15.2. The van der Waals surface area contributed by atoms with Crippen LogP contribution in [0.5, 0.6) is 0 Å². The van der Waals surface area contributed by atoms with Crippen molar-refractivity contribution in [3.05, 3.63) is 35.7 Å². The van der Waals surface area contributed by atoms with Crippen molar-refractivity contribution in [3.63, 3.8) is 0 Å². The van der Waals surface area contributed by atoms with Crippen LogP contribution in [0.2, 0.25) is 0 Å². The molecule has 0 saturated carbocycles. The fourth-order valence-corrected chi connectivity index (χ4v) is 1.99. The molecule has 1 heterocycles. The number of carboxylic acid groups (broad SMARTS) is 1.